The molecule has 1 saturated heterocycles. The van der Waals surface area contributed by atoms with Crippen molar-refractivity contribution in [2.45, 2.75) is 44.1 Å². The Morgan fingerprint density at radius 2 is 1.80 bits per heavy atom. The van der Waals surface area contributed by atoms with Crippen LogP contribution in [0.4, 0.5) is 11.4 Å². The molecule has 0 atom stereocenters. The molecule has 6 rings (SSSR count). The molecular formula is C26H29N3O. The largest absolute Gasteiger partial charge is 0.497 e. The summed E-state index contributed by atoms with van der Waals surface area (Å²) in [4.78, 5) is 2.63. The number of anilines is 2. The van der Waals surface area contributed by atoms with E-state index < -0.39 is 0 Å². The van der Waals surface area contributed by atoms with Gasteiger partial charge >= 0.3 is 0 Å². The van der Waals surface area contributed by atoms with E-state index >= 15 is 0 Å². The molecule has 1 N–H and O–H groups in total. The lowest BCUT2D eigenvalue weighted by molar-refractivity contribution is 0.355. The molecule has 3 heterocycles. The van der Waals surface area contributed by atoms with Crippen molar-refractivity contribution in [3.8, 4) is 11.4 Å². The van der Waals surface area contributed by atoms with E-state index in [0.29, 0.717) is 0 Å². The number of aryl methyl sites for hydroxylation is 1. The molecule has 1 aliphatic carbocycles. The fraction of sp³-hybridized carbons (Fsp3) is 0.385. The molecule has 0 amide bonds. The predicted octanol–water partition coefficient (Wildman–Crippen LogP) is 5.29. The number of rotatable bonds is 2. The van der Waals surface area contributed by atoms with Crippen LogP contribution in [-0.4, -0.2) is 24.8 Å². The standard InChI is InChI=1S/C26H29N3O/c1-30-20-11-12-24-22(18-20)27-26(25-10-5-15-29(24)25)13-16-28(17-14-26)23-9-4-7-19-6-2-3-8-21(19)23/h4-5,7,9-12,15,18,27H,2-3,6,8,13-14,16-17H2,1H3. The van der Waals surface area contributed by atoms with E-state index in [1.807, 2.05) is 6.07 Å². The molecule has 0 bridgehead atoms. The zero-order valence-corrected chi connectivity index (χ0v) is 17.7. The van der Waals surface area contributed by atoms with Crippen LogP contribution in [-0.2, 0) is 18.4 Å². The van der Waals surface area contributed by atoms with Gasteiger partial charge in [-0.15, -0.1) is 0 Å². The number of ether oxygens (including phenoxy) is 1. The first-order valence-corrected chi connectivity index (χ1v) is 11.3. The van der Waals surface area contributed by atoms with E-state index in [4.69, 9.17) is 4.74 Å². The molecule has 2 aliphatic heterocycles. The predicted molar refractivity (Wildman–Crippen MR) is 122 cm³/mol. The molecule has 1 fully saturated rings. The minimum atomic E-state index is -0.0196. The molecule has 0 saturated carbocycles. The summed E-state index contributed by atoms with van der Waals surface area (Å²) in [5, 5.41) is 3.94. The minimum absolute atomic E-state index is 0.0196. The lowest BCUT2D eigenvalue weighted by atomic mass is 9.81. The number of nitrogens with zero attached hydrogens (tertiary/aromatic N) is 2. The maximum atomic E-state index is 5.50. The van der Waals surface area contributed by atoms with Crippen LogP contribution in [0.15, 0.2) is 54.7 Å². The Labute approximate surface area is 178 Å². The number of fused-ring (bicyclic) bond motifs is 5. The molecular weight excluding hydrogens is 370 g/mol. The summed E-state index contributed by atoms with van der Waals surface area (Å²) in [7, 11) is 1.74. The molecule has 154 valence electrons. The first kappa shape index (κ1) is 17.9. The van der Waals surface area contributed by atoms with Crippen LogP contribution in [0.1, 0.15) is 42.5 Å². The molecule has 1 spiro atoms. The summed E-state index contributed by atoms with van der Waals surface area (Å²) < 4.78 is 7.86. The van der Waals surface area contributed by atoms with Crippen LogP contribution in [0, 0.1) is 0 Å². The van der Waals surface area contributed by atoms with Gasteiger partial charge in [0.05, 0.1) is 24.0 Å². The van der Waals surface area contributed by atoms with Gasteiger partial charge in [-0.25, -0.2) is 0 Å². The Morgan fingerprint density at radius 1 is 0.933 bits per heavy atom. The summed E-state index contributed by atoms with van der Waals surface area (Å²) in [5.74, 6) is 0.903. The normalized spacial score (nSPS) is 18.9. The second-order valence-corrected chi connectivity index (χ2v) is 8.96. The average molecular weight is 400 g/mol. The Hall–Kier alpha value is -2.88. The molecule has 4 nitrogen and oxygen atoms in total. The SMILES string of the molecule is COc1ccc2c(c1)NC1(CCN(c3cccc4c3CCCC4)CC1)c1cccn1-2. The molecule has 3 aromatic rings. The van der Waals surface area contributed by atoms with Crippen LogP contribution in [0.5, 0.6) is 5.75 Å². The number of nitrogens with one attached hydrogen (secondary N) is 1. The van der Waals surface area contributed by atoms with Crippen LogP contribution < -0.4 is 15.0 Å². The lowest BCUT2D eigenvalue weighted by Crippen LogP contribution is -2.50. The fourth-order valence-corrected chi connectivity index (χ4v) is 5.82. The Kier molecular flexibility index (Phi) is 4.08. The van der Waals surface area contributed by atoms with Gasteiger partial charge in [0.25, 0.3) is 0 Å². The van der Waals surface area contributed by atoms with Gasteiger partial charge in [0.15, 0.2) is 0 Å². The van der Waals surface area contributed by atoms with Crippen LogP contribution in [0.25, 0.3) is 5.69 Å². The molecule has 30 heavy (non-hydrogen) atoms. The molecule has 1 aromatic heterocycles. The van der Waals surface area contributed by atoms with Gasteiger partial charge in [-0.1, -0.05) is 12.1 Å². The van der Waals surface area contributed by atoms with Crippen molar-refractivity contribution in [3.05, 3.63) is 71.5 Å². The smallest absolute Gasteiger partial charge is 0.121 e. The van der Waals surface area contributed by atoms with Gasteiger partial charge in [0.1, 0.15) is 5.75 Å². The maximum Gasteiger partial charge on any atom is 0.121 e. The molecule has 3 aliphatic rings. The number of methoxy groups -OCH3 is 1. The van der Waals surface area contributed by atoms with Crippen molar-refractivity contribution in [2.24, 2.45) is 0 Å². The number of aromatic nitrogens is 1. The van der Waals surface area contributed by atoms with E-state index in [0.717, 1.165) is 31.7 Å². The molecule has 2 aromatic carbocycles. The second-order valence-electron chi connectivity index (χ2n) is 8.96. The van der Waals surface area contributed by atoms with E-state index in [1.54, 1.807) is 18.2 Å². The topological polar surface area (TPSA) is 29.4 Å². The maximum absolute atomic E-state index is 5.50. The first-order chi connectivity index (χ1) is 14.8. The molecule has 0 unspecified atom stereocenters. The van der Waals surface area contributed by atoms with Crippen molar-refractivity contribution >= 4 is 11.4 Å². The number of piperidine rings is 1. The average Bonchev–Trinajstić information content (AvgIpc) is 3.30. The zero-order chi connectivity index (χ0) is 20.1. The van der Waals surface area contributed by atoms with E-state index in [2.05, 4.69) is 63.4 Å². The van der Waals surface area contributed by atoms with Crippen LogP contribution in [0.2, 0.25) is 0 Å². The van der Waals surface area contributed by atoms with Gasteiger partial charge in [0, 0.05) is 36.7 Å². The Bertz CT molecular complexity index is 1090. The van der Waals surface area contributed by atoms with Crippen molar-refractivity contribution < 1.29 is 4.74 Å². The summed E-state index contributed by atoms with van der Waals surface area (Å²) in [5.41, 5.74) is 8.41. The third kappa shape index (κ3) is 2.66. The van der Waals surface area contributed by atoms with Crippen molar-refractivity contribution in [3.63, 3.8) is 0 Å². The highest BCUT2D eigenvalue weighted by Crippen LogP contribution is 2.45. The molecule has 0 radical (unpaired) electrons. The second kappa shape index (κ2) is 6.83. The highest BCUT2D eigenvalue weighted by atomic mass is 16.5. The van der Waals surface area contributed by atoms with Crippen LogP contribution >= 0.6 is 0 Å². The summed E-state index contributed by atoms with van der Waals surface area (Å²) in [6, 6.07) is 17.8. The minimum Gasteiger partial charge on any atom is -0.497 e. The zero-order valence-electron chi connectivity index (χ0n) is 17.7. The van der Waals surface area contributed by atoms with Gasteiger partial charge in [0.2, 0.25) is 0 Å². The number of benzene rings is 2. The quantitative estimate of drug-likeness (QED) is 0.635. The Balaban J connectivity index is 1.32. The van der Waals surface area contributed by atoms with E-state index in [9.17, 15) is 0 Å². The van der Waals surface area contributed by atoms with Gasteiger partial charge in [-0.2, -0.15) is 0 Å². The van der Waals surface area contributed by atoms with Crippen molar-refractivity contribution in [1.82, 2.24) is 4.57 Å². The number of hydrogen-bond donors (Lipinski definition) is 1. The van der Waals surface area contributed by atoms with Gasteiger partial charge < -0.3 is 19.5 Å². The van der Waals surface area contributed by atoms with E-state index in [1.165, 1.54) is 48.4 Å². The Morgan fingerprint density at radius 3 is 2.67 bits per heavy atom. The van der Waals surface area contributed by atoms with Crippen molar-refractivity contribution in [2.75, 3.05) is 30.4 Å². The van der Waals surface area contributed by atoms with E-state index in [-0.39, 0.29) is 5.54 Å². The monoisotopic (exact) mass is 399 g/mol. The highest BCUT2D eigenvalue weighted by molar-refractivity contribution is 5.69. The number of hydrogen-bond acceptors (Lipinski definition) is 3. The first-order valence-electron chi connectivity index (χ1n) is 11.3. The van der Waals surface area contributed by atoms with Gasteiger partial charge in [-0.3, -0.25) is 0 Å². The summed E-state index contributed by atoms with van der Waals surface area (Å²) in [6.45, 7) is 2.15. The van der Waals surface area contributed by atoms with Crippen molar-refractivity contribution in [1.29, 1.82) is 0 Å². The highest BCUT2D eigenvalue weighted by Gasteiger charge is 2.42. The van der Waals surface area contributed by atoms with Gasteiger partial charge in [-0.05, 0) is 80.0 Å². The van der Waals surface area contributed by atoms with Crippen LogP contribution in [0.3, 0.4) is 0 Å². The molecule has 4 heteroatoms. The third-order valence-electron chi connectivity index (χ3n) is 7.41. The third-order valence-corrected chi connectivity index (χ3v) is 7.41. The summed E-state index contributed by atoms with van der Waals surface area (Å²) >= 11 is 0. The fourth-order valence-electron chi connectivity index (χ4n) is 5.82. The lowest BCUT2D eigenvalue weighted by Gasteiger charge is -2.47. The summed E-state index contributed by atoms with van der Waals surface area (Å²) in [6.07, 6.45) is 9.53.